The minimum Gasteiger partial charge on any atom is -0.352 e. The summed E-state index contributed by atoms with van der Waals surface area (Å²) in [6.07, 6.45) is -3.91. The molecule has 0 saturated carbocycles. The molecule has 0 aliphatic heterocycles. The molecule has 4 rings (SSSR count). The van der Waals surface area contributed by atoms with E-state index in [9.17, 15) is 18.0 Å². The Hall–Kier alpha value is -3.75. The summed E-state index contributed by atoms with van der Waals surface area (Å²) >= 11 is 0. The van der Waals surface area contributed by atoms with Gasteiger partial charge in [0.2, 0.25) is 5.91 Å². The number of aryl methyl sites for hydroxylation is 3. The minimum atomic E-state index is -4.38. The normalized spacial score (nSPS) is 11.7. The largest absolute Gasteiger partial charge is 0.416 e. The molecule has 1 amide bonds. The third kappa shape index (κ3) is 5.19. The Kier molecular flexibility index (Phi) is 6.13. The van der Waals surface area contributed by atoms with Crippen molar-refractivity contribution in [3.05, 3.63) is 82.7 Å². The third-order valence-corrected chi connectivity index (χ3v) is 5.48. The molecule has 4 aromatic rings. The number of carbonyl (C=O) groups is 1. The first-order valence-corrected chi connectivity index (χ1v) is 10.4. The Morgan fingerprint density at radius 2 is 1.73 bits per heavy atom. The van der Waals surface area contributed by atoms with Gasteiger partial charge >= 0.3 is 6.18 Å². The van der Waals surface area contributed by atoms with E-state index in [1.54, 1.807) is 4.52 Å². The van der Waals surface area contributed by atoms with Gasteiger partial charge in [-0.05, 0) is 60.9 Å². The molecule has 2 aromatic heterocycles. The molecule has 0 aliphatic rings. The lowest BCUT2D eigenvalue weighted by Crippen LogP contribution is -2.23. The van der Waals surface area contributed by atoms with Crippen LogP contribution in [-0.2, 0) is 23.9 Å². The van der Waals surface area contributed by atoms with E-state index in [0.29, 0.717) is 23.5 Å². The number of carbonyl (C=O) groups excluding carboxylic acids is 1. The van der Waals surface area contributed by atoms with Crippen molar-refractivity contribution in [2.45, 2.75) is 39.4 Å². The van der Waals surface area contributed by atoms with Gasteiger partial charge in [0, 0.05) is 24.9 Å². The van der Waals surface area contributed by atoms with Crippen LogP contribution in [0.25, 0.3) is 16.9 Å². The number of halogens is 3. The fraction of sp³-hybridized carbons (Fsp3) is 0.250. The standard InChI is InChI=1S/C24H22F3N5O/c1-15-3-6-18(13-16(15)2)20-9-10-21-29-30-22(32(21)31-20)11-12-23(33)28-14-17-4-7-19(8-5-17)24(25,26)27/h3-10,13H,11-12,14H2,1-2H3,(H,28,33). The molecule has 0 fully saturated rings. The number of aromatic nitrogens is 4. The van der Waals surface area contributed by atoms with Crippen molar-refractivity contribution in [3.63, 3.8) is 0 Å². The van der Waals surface area contributed by atoms with E-state index in [2.05, 4.69) is 33.6 Å². The Labute approximate surface area is 188 Å². The van der Waals surface area contributed by atoms with Crippen LogP contribution in [0.3, 0.4) is 0 Å². The van der Waals surface area contributed by atoms with Crippen molar-refractivity contribution in [1.82, 2.24) is 25.1 Å². The first-order valence-electron chi connectivity index (χ1n) is 10.4. The van der Waals surface area contributed by atoms with Crippen LogP contribution in [0.4, 0.5) is 13.2 Å². The fourth-order valence-corrected chi connectivity index (χ4v) is 3.37. The van der Waals surface area contributed by atoms with Gasteiger partial charge in [-0.15, -0.1) is 10.2 Å². The van der Waals surface area contributed by atoms with Gasteiger partial charge in [0.15, 0.2) is 11.5 Å². The monoisotopic (exact) mass is 453 g/mol. The van der Waals surface area contributed by atoms with Crippen LogP contribution >= 0.6 is 0 Å². The topological polar surface area (TPSA) is 72.2 Å². The second-order valence-electron chi connectivity index (χ2n) is 7.88. The molecule has 0 spiro atoms. The predicted octanol–water partition coefficient (Wildman–Crippen LogP) is 4.68. The molecule has 0 unspecified atom stereocenters. The maximum Gasteiger partial charge on any atom is 0.416 e. The number of rotatable bonds is 6. The van der Waals surface area contributed by atoms with E-state index < -0.39 is 11.7 Å². The zero-order chi connectivity index (χ0) is 23.6. The van der Waals surface area contributed by atoms with Gasteiger partial charge in [0.05, 0.1) is 11.3 Å². The average Bonchev–Trinajstić information content (AvgIpc) is 3.20. The fourth-order valence-electron chi connectivity index (χ4n) is 3.37. The first-order chi connectivity index (χ1) is 15.7. The number of benzene rings is 2. The molecule has 0 saturated heterocycles. The van der Waals surface area contributed by atoms with Crippen LogP contribution in [0.5, 0.6) is 0 Å². The number of fused-ring (bicyclic) bond motifs is 1. The lowest BCUT2D eigenvalue weighted by Gasteiger charge is -2.09. The number of nitrogens with one attached hydrogen (secondary N) is 1. The minimum absolute atomic E-state index is 0.146. The summed E-state index contributed by atoms with van der Waals surface area (Å²) in [5.74, 6) is 0.317. The lowest BCUT2D eigenvalue weighted by molar-refractivity contribution is -0.137. The summed E-state index contributed by atoms with van der Waals surface area (Å²) in [5.41, 5.74) is 4.58. The van der Waals surface area contributed by atoms with Gasteiger partial charge in [-0.2, -0.15) is 22.8 Å². The van der Waals surface area contributed by atoms with Gasteiger partial charge in [-0.25, -0.2) is 0 Å². The van der Waals surface area contributed by atoms with Crippen LogP contribution in [-0.4, -0.2) is 25.7 Å². The van der Waals surface area contributed by atoms with E-state index in [-0.39, 0.29) is 18.9 Å². The first kappa shape index (κ1) is 22.4. The molecule has 0 radical (unpaired) electrons. The molecule has 0 aliphatic carbocycles. The van der Waals surface area contributed by atoms with E-state index in [1.807, 2.05) is 31.2 Å². The maximum absolute atomic E-state index is 12.6. The summed E-state index contributed by atoms with van der Waals surface area (Å²) in [7, 11) is 0. The zero-order valence-electron chi connectivity index (χ0n) is 18.1. The summed E-state index contributed by atoms with van der Waals surface area (Å²) in [4.78, 5) is 12.3. The van der Waals surface area contributed by atoms with Gasteiger partial charge in [-0.3, -0.25) is 4.79 Å². The summed E-state index contributed by atoms with van der Waals surface area (Å²) < 4.78 is 39.6. The summed E-state index contributed by atoms with van der Waals surface area (Å²) in [6.45, 7) is 4.24. The summed E-state index contributed by atoms with van der Waals surface area (Å²) in [6, 6.07) is 14.6. The summed E-state index contributed by atoms with van der Waals surface area (Å²) in [5, 5.41) is 15.6. The molecular formula is C24H22F3N5O. The second kappa shape index (κ2) is 9.01. The second-order valence-corrected chi connectivity index (χ2v) is 7.88. The molecule has 0 bridgehead atoms. The Morgan fingerprint density at radius 3 is 2.42 bits per heavy atom. The molecule has 6 nitrogen and oxygen atoms in total. The zero-order valence-corrected chi connectivity index (χ0v) is 18.1. The van der Waals surface area contributed by atoms with Crippen molar-refractivity contribution < 1.29 is 18.0 Å². The highest BCUT2D eigenvalue weighted by Gasteiger charge is 2.29. The van der Waals surface area contributed by atoms with Crippen molar-refractivity contribution in [2.75, 3.05) is 0 Å². The number of hydrogen-bond donors (Lipinski definition) is 1. The van der Waals surface area contributed by atoms with Crippen LogP contribution < -0.4 is 5.32 Å². The number of hydrogen-bond acceptors (Lipinski definition) is 4. The lowest BCUT2D eigenvalue weighted by atomic mass is 10.0. The molecule has 170 valence electrons. The van der Waals surface area contributed by atoms with Crippen molar-refractivity contribution in [1.29, 1.82) is 0 Å². The molecule has 1 N–H and O–H groups in total. The highest BCUT2D eigenvalue weighted by Crippen LogP contribution is 2.29. The van der Waals surface area contributed by atoms with Crippen LogP contribution in [0.1, 0.15) is 34.5 Å². The number of alkyl halides is 3. The molecular weight excluding hydrogens is 431 g/mol. The number of nitrogens with zero attached hydrogens (tertiary/aromatic N) is 4. The molecule has 2 aromatic carbocycles. The Morgan fingerprint density at radius 1 is 0.970 bits per heavy atom. The van der Waals surface area contributed by atoms with E-state index in [0.717, 1.165) is 23.4 Å². The van der Waals surface area contributed by atoms with Gasteiger partial charge in [-0.1, -0.05) is 24.3 Å². The van der Waals surface area contributed by atoms with Crippen molar-refractivity contribution >= 4 is 11.6 Å². The SMILES string of the molecule is Cc1ccc(-c2ccc3nnc(CCC(=O)NCc4ccc(C(F)(F)F)cc4)n3n2)cc1C. The van der Waals surface area contributed by atoms with Gasteiger partial charge in [0.1, 0.15) is 0 Å². The van der Waals surface area contributed by atoms with E-state index in [4.69, 9.17) is 0 Å². The maximum atomic E-state index is 12.6. The third-order valence-electron chi connectivity index (χ3n) is 5.48. The Balaban J connectivity index is 1.39. The van der Waals surface area contributed by atoms with E-state index >= 15 is 0 Å². The van der Waals surface area contributed by atoms with Crippen LogP contribution in [0.15, 0.2) is 54.6 Å². The molecule has 2 heterocycles. The predicted molar refractivity (Wildman–Crippen MR) is 117 cm³/mol. The highest BCUT2D eigenvalue weighted by atomic mass is 19.4. The van der Waals surface area contributed by atoms with E-state index in [1.165, 1.54) is 23.3 Å². The quantitative estimate of drug-likeness (QED) is 0.460. The van der Waals surface area contributed by atoms with Gasteiger partial charge < -0.3 is 5.32 Å². The molecule has 0 atom stereocenters. The smallest absolute Gasteiger partial charge is 0.352 e. The van der Waals surface area contributed by atoms with Crippen molar-refractivity contribution in [3.8, 4) is 11.3 Å². The van der Waals surface area contributed by atoms with Crippen LogP contribution in [0, 0.1) is 13.8 Å². The molecule has 9 heteroatoms. The molecule has 33 heavy (non-hydrogen) atoms. The Bertz CT molecular complexity index is 1300. The van der Waals surface area contributed by atoms with Crippen LogP contribution in [0.2, 0.25) is 0 Å². The average molecular weight is 453 g/mol. The number of amides is 1. The van der Waals surface area contributed by atoms with Crippen molar-refractivity contribution in [2.24, 2.45) is 0 Å². The highest BCUT2D eigenvalue weighted by molar-refractivity contribution is 5.76. The van der Waals surface area contributed by atoms with Gasteiger partial charge in [0.25, 0.3) is 0 Å².